The van der Waals surface area contributed by atoms with Gasteiger partial charge in [0.25, 0.3) is 0 Å². The lowest BCUT2D eigenvalue weighted by Crippen LogP contribution is -2.15. The van der Waals surface area contributed by atoms with E-state index >= 15 is 0 Å². The summed E-state index contributed by atoms with van der Waals surface area (Å²) in [6.45, 7) is 2.03. The molecule has 2 aromatic heterocycles. The average Bonchev–Trinajstić information content (AvgIpc) is 3.38. The van der Waals surface area contributed by atoms with E-state index in [1.54, 1.807) is 6.26 Å². The minimum atomic E-state index is -0.125. The van der Waals surface area contributed by atoms with Crippen molar-refractivity contribution in [3.63, 3.8) is 0 Å². The van der Waals surface area contributed by atoms with Crippen LogP contribution >= 0.6 is 27.7 Å². The van der Waals surface area contributed by atoms with Crippen molar-refractivity contribution < 1.29 is 9.21 Å². The van der Waals surface area contributed by atoms with Gasteiger partial charge in [-0.15, -0.1) is 10.2 Å². The van der Waals surface area contributed by atoms with Gasteiger partial charge in [0.05, 0.1) is 17.7 Å². The van der Waals surface area contributed by atoms with Crippen molar-refractivity contribution in [1.29, 1.82) is 0 Å². The zero-order valence-corrected chi connectivity index (χ0v) is 17.9. The molecule has 0 radical (unpaired) electrons. The molecule has 4 aromatic rings. The zero-order valence-electron chi connectivity index (χ0n) is 15.5. The van der Waals surface area contributed by atoms with Crippen LogP contribution < -0.4 is 5.32 Å². The lowest BCUT2D eigenvalue weighted by atomic mass is 10.2. The Kier molecular flexibility index (Phi) is 5.82. The molecule has 29 heavy (non-hydrogen) atoms. The van der Waals surface area contributed by atoms with Crippen LogP contribution in [-0.4, -0.2) is 26.4 Å². The Labute approximate surface area is 180 Å². The predicted molar refractivity (Wildman–Crippen MR) is 117 cm³/mol. The van der Waals surface area contributed by atoms with E-state index < -0.39 is 0 Å². The van der Waals surface area contributed by atoms with Gasteiger partial charge >= 0.3 is 0 Å². The Hall–Kier alpha value is -2.84. The maximum Gasteiger partial charge on any atom is 0.234 e. The maximum absolute atomic E-state index is 12.4. The Morgan fingerprint density at radius 1 is 1.10 bits per heavy atom. The average molecular weight is 469 g/mol. The van der Waals surface area contributed by atoms with E-state index in [1.807, 2.05) is 72.2 Å². The van der Waals surface area contributed by atoms with Crippen molar-refractivity contribution >= 4 is 39.3 Å². The summed E-state index contributed by atoms with van der Waals surface area (Å²) in [5, 5.41) is 12.1. The van der Waals surface area contributed by atoms with Crippen molar-refractivity contribution in [2.24, 2.45) is 0 Å². The number of aromatic nitrogens is 3. The van der Waals surface area contributed by atoms with Gasteiger partial charge in [-0.25, -0.2) is 0 Å². The smallest absolute Gasteiger partial charge is 0.234 e. The number of para-hydroxylation sites is 1. The van der Waals surface area contributed by atoms with Crippen LogP contribution in [0.15, 0.2) is 81.0 Å². The van der Waals surface area contributed by atoms with E-state index in [9.17, 15) is 4.79 Å². The van der Waals surface area contributed by atoms with Crippen LogP contribution in [0.2, 0.25) is 0 Å². The second-order valence-electron chi connectivity index (χ2n) is 6.27. The highest BCUT2D eigenvalue weighted by Gasteiger charge is 2.19. The molecule has 0 fully saturated rings. The molecule has 1 amide bonds. The molecule has 0 bridgehead atoms. The highest BCUT2D eigenvalue weighted by Crippen LogP contribution is 2.29. The molecule has 6 nitrogen and oxygen atoms in total. The van der Waals surface area contributed by atoms with Crippen LogP contribution in [-0.2, 0) is 4.79 Å². The molecule has 2 aromatic carbocycles. The topological polar surface area (TPSA) is 73.0 Å². The third kappa shape index (κ3) is 4.44. The number of amides is 1. The van der Waals surface area contributed by atoms with E-state index in [1.165, 1.54) is 11.8 Å². The summed E-state index contributed by atoms with van der Waals surface area (Å²) in [6.07, 6.45) is 1.60. The van der Waals surface area contributed by atoms with Gasteiger partial charge in [-0.2, -0.15) is 0 Å². The fourth-order valence-electron chi connectivity index (χ4n) is 2.73. The normalized spacial score (nSPS) is 10.8. The SMILES string of the molecule is Cc1ccc(-n2c(SCC(=O)Nc3ccccc3Br)nnc2-c2ccco2)cc1. The number of nitrogens with zero attached hydrogens (tertiary/aromatic N) is 3. The fourth-order valence-corrected chi connectivity index (χ4v) is 3.87. The number of rotatable bonds is 6. The number of aryl methyl sites for hydroxylation is 1. The maximum atomic E-state index is 12.4. The van der Waals surface area contributed by atoms with Gasteiger partial charge in [0.2, 0.25) is 11.7 Å². The molecule has 0 saturated heterocycles. The van der Waals surface area contributed by atoms with Crippen molar-refractivity contribution in [2.45, 2.75) is 12.1 Å². The molecule has 4 rings (SSSR count). The number of halogens is 1. The number of carbonyl (C=O) groups excluding carboxylic acids is 1. The number of benzene rings is 2. The summed E-state index contributed by atoms with van der Waals surface area (Å²) < 4.78 is 8.25. The number of anilines is 1. The lowest BCUT2D eigenvalue weighted by molar-refractivity contribution is -0.113. The highest BCUT2D eigenvalue weighted by molar-refractivity contribution is 9.10. The highest BCUT2D eigenvalue weighted by atomic mass is 79.9. The van der Waals surface area contributed by atoms with Crippen LogP contribution in [0.5, 0.6) is 0 Å². The van der Waals surface area contributed by atoms with E-state index in [-0.39, 0.29) is 11.7 Å². The summed E-state index contributed by atoms with van der Waals surface area (Å²) >= 11 is 4.75. The first-order valence-corrected chi connectivity index (χ1v) is 10.6. The van der Waals surface area contributed by atoms with Crippen LogP contribution in [0.4, 0.5) is 5.69 Å². The summed E-state index contributed by atoms with van der Waals surface area (Å²) in [7, 11) is 0. The minimum Gasteiger partial charge on any atom is -0.461 e. The van der Waals surface area contributed by atoms with Crippen LogP contribution in [0.1, 0.15) is 5.56 Å². The zero-order chi connectivity index (χ0) is 20.2. The molecule has 2 heterocycles. The number of nitrogens with one attached hydrogen (secondary N) is 1. The third-order valence-electron chi connectivity index (χ3n) is 4.15. The van der Waals surface area contributed by atoms with E-state index in [0.29, 0.717) is 16.7 Å². The van der Waals surface area contributed by atoms with Gasteiger partial charge < -0.3 is 9.73 Å². The van der Waals surface area contributed by atoms with E-state index in [0.717, 1.165) is 21.4 Å². The third-order valence-corrected chi connectivity index (χ3v) is 5.77. The molecular formula is C21H17BrN4O2S. The fraction of sp³-hybridized carbons (Fsp3) is 0.0952. The van der Waals surface area contributed by atoms with Crippen LogP contribution in [0.3, 0.4) is 0 Å². The summed E-state index contributed by atoms with van der Waals surface area (Å²) in [5.41, 5.74) is 2.79. The predicted octanol–water partition coefficient (Wildman–Crippen LogP) is 5.33. The molecule has 0 aliphatic heterocycles. The Morgan fingerprint density at radius 3 is 2.62 bits per heavy atom. The molecule has 0 spiro atoms. The lowest BCUT2D eigenvalue weighted by Gasteiger charge is -2.10. The van der Waals surface area contributed by atoms with Crippen molar-refractivity contribution in [3.05, 3.63) is 77.0 Å². The van der Waals surface area contributed by atoms with Crippen molar-refractivity contribution in [2.75, 3.05) is 11.1 Å². The Morgan fingerprint density at radius 2 is 1.90 bits per heavy atom. The number of carbonyl (C=O) groups is 1. The second-order valence-corrected chi connectivity index (χ2v) is 8.07. The molecule has 0 saturated carbocycles. The molecule has 146 valence electrons. The largest absolute Gasteiger partial charge is 0.461 e. The first kappa shape index (κ1) is 19.5. The second kappa shape index (κ2) is 8.67. The van der Waals surface area contributed by atoms with Gasteiger partial charge in [-0.3, -0.25) is 9.36 Å². The first-order valence-electron chi connectivity index (χ1n) is 8.85. The Balaban J connectivity index is 1.58. The summed E-state index contributed by atoms with van der Waals surface area (Å²) in [6, 6.07) is 19.2. The quantitative estimate of drug-likeness (QED) is 0.387. The monoisotopic (exact) mass is 468 g/mol. The summed E-state index contributed by atoms with van der Waals surface area (Å²) in [5.74, 6) is 1.28. The minimum absolute atomic E-state index is 0.125. The van der Waals surface area contributed by atoms with Crippen LogP contribution in [0, 0.1) is 6.92 Å². The molecule has 0 aliphatic rings. The molecule has 8 heteroatoms. The van der Waals surface area contributed by atoms with E-state index in [4.69, 9.17) is 4.42 Å². The number of hydrogen-bond donors (Lipinski definition) is 1. The first-order chi connectivity index (χ1) is 14.1. The Bertz CT molecular complexity index is 1120. The van der Waals surface area contributed by atoms with Gasteiger partial charge in [0.15, 0.2) is 10.9 Å². The van der Waals surface area contributed by atoms with Gasteiger partial charge in [0, 0.05) is 10.2 Å². The van der Waals surface area contributed by atoms with Gasteiger partial charge in [-0.1, -0.05) is 41.6 Å². The standard InChI is InChI=1S/C21H17BrN4O2S/c1-14-8-10-15(11-9-14)26-20(18-7-4-12-28-18)24-25-21(26)29-13-19(27)23-17-6-3-2-5-16(17)22/h2-12H,13H2,1H3,(H,23,27). The van der Waals surface area contributed by atoms with Crippen LogP contribution in [0.25, 0.3) is 17.3 Å². The molecule has 0 atom stereocenters. The van der Waals surface area contributed by atoms with Gasteiger partial charge in [-0.05, 0) is 59.3 Å². The molecular weight excluding hydrogens is 452 g/mol. The van der Waals surface area contributed by atoms with E-state index in [2.05, 4.69) is 31.4 Å². The summed E-state index contributed by atoms with van der Waals surface area (Å²) in [4.78, 5) is 12.4. The molecule has 0 unspecified atom stereocenters. The molecule has 0 aliphatic carbocycles. The van der Waals surface area contributed by atoms with Gasteiger partial charge in [0.1, 0.15) is 0 Å². The number of hydrogen-bond acceptors (Lipinski definition) is 5. The number of furan rings is 1. The van der Waals surface area contributed by atoms with Crippen molar-refractivity contribution in [3.8, 4) is 17.3 Å². The molecule has 1 N–H and O–H groups in total. The van der Waals surface area contributed by atoms with Crippen molar-refractivity contribution in [1.82, 2.24) is 14.8 Å². The number of thioether (sulfide) groups is 1.